The Bertz CT molecular complexity index is 496. The molecule has 0 unspecified atom stereocenters. The summed E-state index contributed by atoms with van der Waals surface area (Å²) in [5.41, 5.74) is 0.593. The molecular weight excluding hydrogens is 260 g/mol. The van der Waals surface area contributed by atoms with Gasteiger partial charge in [-0.3, -0.25) is 4.79 Å². The van der Waals surface area contributed by atoms with Crippen molar-refractivity contribution in [2.45, 2.75) is 0 Å². The van der Waals surface area contributed by atoms with Gasteiger partial charge in [0.25, 0.3) is 5.91 Å². The van der Waals surface area contributed by atoms with Gasteiger partial charge in [0.1, 0.15) is 5.75 Å². The summed E-state index contributed by atoms with van der Waals surface area (Å²) in [6.07, 6.45) is -0.349. The smallest absolute Gasteiger partial charge is 0.409 e. The van der Waals surface area contributed by atoms with Crippen LogP contribution < -0.4 is 4.74 Å². The van der Waals surface area contributed by atoms with E-state index < -0.39 is 0 Å². The van der Waals surface area contributed by atoms with Crippen LogP contribution in [0.2, 0.25) is 0 Å². The third-order valence-electron chi connectivity index (χ3n) is 3.32. The number of carbonyl (C=O) groups is 2. The molecule has 6 nitrogen and oxygen atoms in total. The normalized spacial score (nSPS) is 14.9. The van der Waals surface area contributed by atoms with E-state index in [9.17, 15) is 9.59 Å². The molecule has 0 radical (unpaired) electrons. The molecule has 1 heterocycles. The number of methoxy groups -OCH3 is 2. The fourth-order valence-corrected chi connectivity index (χ4v) is 2.16. The standard InChI is InChI=1S/C14H18N2O4/c1-19-12-5-3-4-11(10-12)13(17)15-6-8-16(9-7-15)14(18)20-2/h3-5,10H,6-9H2,1-2H3. The molecule has 1 aromatic carbocycles. The number of hydrogen-bond donors (Lipinski definition) is 0. The van der Waals surface area contributed by atoms with Crippen molar-refractivity contribution >= 4 is 12.0 Å². The molecule has 0 aliphatic carbocycles. The van der Waals surface area contributed by atoms with Crippen molar-refractivity contribution in [2.24, 2.45) is 0 Å². The van der Waals surface area contributed by atoms with Crippen LogP contribution in [0, 0.1) is 0 Å². The fourth-order valence-electron chi connectivity index (χ4n) is 2.16. The van der Waals surface area contributed by atoms with Crippen molar-refractivity contribution in [1.82, 2.24) is 9.80 Å². The molecule has 0 N–H and O–H groups in total. The molecular formula is C14H18N2O4. The minimum Gasteiger partial charge on any atom is -0.497 e. The van der Waals surface area contributed by atoms with Crippen molar-refractivity contribution in [2.75, 3.05) is 40.4 Å². The third-order valence-corrected chi connectivity index (χ3v) is 3.32. The molecule has 0 saturated carbocycles. The average Bonchev–Trinajstić information content (AvgIpc) is 2.53. The minimum atomic E-state index is -0.349. The summed E-state index contributed by atoms with van der Waals surface area (Å²) in [5.74, 6) is 0.609. The SMILES string of the molecule is COC(=O)N1CCN(C(=O)c2cccc(OC)c2)CC1. The van der Waals surface area contributed by atoms with Gasteiger partial charge in [0.2, 0.25) is 0 Å². The van der Waals surface area contributed by atoms with E-state index in [2.05, 4.69) is 4.74 Å². The lowest BCUT2D eigenvalue weighted by molar-refractivity contribution is 0.0599. The molecule has 20 heavy (non-hydrogen) atoms. The zero-order chi connectivity index (χ0) is 14.5. The number of ether oxygens (including phenoxy) is 2. The first kappa shape index (κ1) is 14.2. The molecule has 6 heteroatoms. The molecule has 1 saturated heterocycles. The van der Waals surface area contributed by atoms with Crippen LogP contribution in [0.4, 0.5) is 4.79 Å². The summed E-state index contributed by atoms with van der Waals surface area (Å²) in [4.78, 5) is 27.1. The Morgan fingerprint density at radius 2 is 1.70 bits per heavy atom. The van der Waals surface area contributed by atoms with E-state index in [1.165, 1.54) is 7.11 Å². The molecule has 2 rings (SSSR count). The van der Waals surface area contributed by atoms with Gasteiger partial charge in [0.15, 0.2) is 0 Å². The predicted octanol–water partition coefficient (Wildman–Crippen LogP) is 1.22. The maximum absolute atomic E-state index is 12.3. The van der Waals surface area contributed by atoms with E-state index in [1.807, 2.05) is 0 Å². The van der Waals surface area contributed by atoms with Gasteiger partial charge in [-0.2, -0.15) is 0 Å². The van der Waals surface area contributed by atoms with Crippen LogP contribution in [-0.2, 0) is 4.74 Å². The molecule has 1 aliphatic heterocycles. The second-order valence-electron chi connectivity index (χ2n) is 4.48. The Balaban J connectivity index is 1.99. The lowest BCUT2D eigenvalue weighted by Crippen LogP contribution is -2.50. The molecule has 2 amide bonds. The first-order chi connectivity index (χ1) is 9.65. The highest BCUT2D eigenvalue weighted by Gasteiger charge is 2.25. The highest BCUT2D eigenvalue weighted by atomic mass is 16.5. The molecule has 0 aromatic heterocycles. The van der Waals surface area contributed by atoms with Crippen molar-refractivity contribution in [1.29, 1.82) is 0 Å². The van der Waals surface area contributed by atoms with Crippen molar-refractivity contribution in [3.8, 4) is 5.75 Å². The Labute approximate surface area is 117 Å². The van der Waals surface area contributed by atoms with Crippen LogP contribution in [0.25, 0.3) is 0 Å². The van der Waals surface area contributed by atoms with Gasteiger partial charge < -0.3 is 19.3 Å². The van der Waals surface area contributed by atoms with Gasteiger partial charge in [-0.05, 0) is 18.2 Å². The van der Waals surface area contributed by atoms with Gasteiger partial charge >= 0.3 is 6.09 Å². The maximum atomic E-state index is 12.3. The maximum Gasteiger partial charge on any atom is 0.409 e. The van der Waals surface area contributed by atoms with Crippen molar-refractivity contribution in [3.63, 3.8) is 0 Å². The third kappa shape index (κ3) is 3.01. The van der Waals surface area contributed by atoms with Gasteiger partial charge in [0, 0.05) is 31.7 Å². The molecule has 1 aromatic rings. The monoisotopic (exact) mass is 278 g/mol. The lowest BCUT2D eigenvalue weighted by Gasteiger charge is -2.33. The van der Waals surface area contributed by atoms with Crippen LogP contribution in [0.3, 0.4) is 0 Å². The summed E-state index contributed by atoms with van der Waals surface area (Å²) in [7, 11) is 2.93. The Kier molecular flexibility index (Phi) is 4.45. The topological polar surface area (TPSA) is 59.1 Å². The summed E-state index contributed by atoms with van der Waals surface area (Å²) in [6, 6.07) is 7.06. The number of amides is 2. The van der Waals surface area contributed by atoms with E-state index in [0.717, 1.165) is 0 Å². The highest BCUT2D eigenvalue weighted by Crippen LogP contribution is 2.15. The van der Waals surface area contributed by atoms with E-state index in [1.54, 1.807) is 41.2 Å². The van der Waals surface area contributed by atoms with Gasteiger partial charge in [0.05, 0.1) is 14.2 Å². The van der Waals surface area contributed by atoms with Crippen LogP contribution in [0.15, 0.2) is 24.3 Å². The predicted molar refractivity (Wildman–Crippen MR) is 72.9 cm³/mol. The summed E-state index contributed by atoms with van der Waals surface area (Å²) in [5, 5.41) is 0. The number of piperazine rings is 1. The molecule has 1 aliphatic rings. The van der Waals surface area contributed by atoms with Crippen LogP contribution in [0.1, 0.15) is 10.4 Å². The van der Waals surface area contributed by atoms with E-state index in [0.29, 0.717) is 37.5 Å². The summed E-state index contributed by atoms with van der Waals surface area (Å²) in [6.45, 7) is 1.99. The summed E-state index contributed by atoms with van der Waals surface area (Å²) >= 11 is 0. The Hall–Kier alpha value is -2.24. The van der Waals surface area contributed by atoms with Crippen molar-refractivity contribution < 1.29 is 19.1 Å². The van der Waals surface area contributed by atoms with Gasteiger partial charge in [-0.15, -0.1) is 0 Å². The number of rotatable bonds is 2. The zero-order valence-corrected chi connectivity index (χ0v) is 11.7. The van der Waals surface area contributed by atoms with Crippen LogP contribution in [-0.4, -0.2) is 62.2 Å². The van der Waals surface area contributed by atoms with Crippen LogP contribution >= 0.6 is 0 Å². The molecule has 0 atom stereocenters. The Morgan fingerprint density at radius 3 is 2.30 bits per heavy atom. The second kappa shape index (κ2) is 6.27. The zero-order valence-electron chi connectivity index (χ0n) is 11.7. The molecule has 0 spiro atoms. The minimum absolute atomic E-state index is 0.0478. The Morgan fingerprint density at radius 1 is 1.05 bits per heavy atom. The van der Waals surface area contributed by atoms with Crippen LogP contribution in [0.5, 0.6) is 5.75 Å². The average molecular weight is 278 g/mol. The van der Waals surface area contributed by atoms with Gasteiger partial charge in [-0.1, -0.05) is 6.07 Å². The van der Waals surface area contributed by atoms with Gasteiger partial charge in [-0.25, -0.2) is 4.79 Å². The number of carbonyl (C=O) groups excluding carboxylic acids is 2. The molecule has 108 valence electrons. The number of hydrogen-bond acceptors (Lipinski definition) is 4. The first-order valence-corrected chi connectivity index (χ1v) is 6.42. The largest absolute Gasteiger partial charge is 0.497 e. The number of benzene rings is 1. The highest BCUT2D eigenvalue weighted by molar-refractivity contribution is 5.94. The van der Waals surface area contributed by atoms with Crippen molar-refractivity contribution in [3.05, 3.63) is 29.8 Å². The second-order valence-corrected chi connectivity index (χ2v) is 4.48. The number of nitrogens with zero attached hydrogens (tertiary/aromatic N) is 2. The van der Waals surface area contributed by atoms with E-state index in [-0.39, 0.29) is 12.0 Å². The van der Waals surface area contributed by atoms with E-state index >= 15 is 0 Å². The first-order valence-electron chi connectivity index (χ1n) is 6.42. The lowest BCUT2D eigenvalue weighted by atomic mass is 10.1. The molecule has 1 fully saturated rings. The summed E-state index contributed by atoms with van der Waals surface area (Å²) < 4.78 is 9.78. The fraction of sp³-hybridized carbons (Fsp3) is 0.429. The molecule has 0 bridgehead atoms. The van der Waals surface area contributed by atoms with E-state index in [4.69, 9.17) is 4.74 Å². The quantitative estimate of drug-likeness (QED) is 0.816.